The molecule has 2 amide bonds. The minimum Gasteiger partial charge on any atom is -0.354 e. The summed E-state index contributed by atoms with van der Waals surface area (Å²) in [7, 11) is 0. The first-order chi connectivity index (χ1) is 15.1. The van der Waals surface area contributed by atoms with Crippen LogP contribution in [0.25, 0.3) is 5.70 Å². The van der Waals surface area contributed by atoms with E-state index in [0.29, 0.717) is 11.6 Å². The molecule has 0 saturated carbocycles. The first kappa shape index (κ1) is 21.4. The maximum absolute atomic E-state index is 12.4. The average molecular weight is 439 g/mol. The van der Waals surface area contributed by atoms with Gasteiger partial charge in [0.2, 0.25) is 11.8 Å². The first-order valence-corrected chi connectivity index (χ1v) is 11.1. The smallest absolute Gasteiger partial charge is 0.245 e. The Balaban J connectivity index is 1.20. The van der Waals surface area contributed by atoms with Crippen molar-refractivity contribution in [1.82, 2.24) is 20.7 Å². The van der Waals surface area contributed by atoms with Gasteiger partial charge in [-0.15, -0.1) is 0 Å². The zero-order valence-electron chi connectivity index (χ0n) is 17.4. The highest BCUT2D eigenvalue weighted by Gasteiger charge is 2.22. The summed E-state index contributed by atoms with van der Waals surface area (Å²) < 4.78 is 0. The monoisotopic (exact) mass is 438 g/mol. The number of benzene rings is 2. The van der Waals surface area contributed by atoms with Gasteiger partial charge in [-0.25, -0.2) is 5.01 Å². The third-order valence-corrected chi connectivity index (χ3v) is 5.93. The highest BCUT2D eigenvalue weighted by atomic mass is 35.5. The summed E-state index contributed by atoms with van der Waals surface area (Å²) in [6.45, 7) is 3.55. The molecule has 0 atom stereocenters. The summed E-state index contributed by atoms with van der Waals surface area (Å²) in [6, 6.07) is 15.9. The standard InChI is InChI=1S/C24H27ClN4O2/c25-21-8-6-19(7-9-21)22-10-11-24(31)29(27-22)17-23(30)26-13-3-14-28-15-12-18-4-1-2-5-20(18)16-28/h1-2,4-10,27H,3,11-17H2,(H,26,30). The summed E-state index contributed by atoms with van der Waals surface area (Å²) in [5.41, 5.74) is 7.62. The van der Waals surface area contributed by atoms with Gasteiger partial charge in [-0.05, 0) is 47.7 Å². The molecule has 0 unspecified atom stereocenters. The molecule has 6 nitrogen and oxygen atoms in total. The van der Waals surface area contributed by atoms with E-state index in [1.54, 1.807) is 12.1 Å². The summed E-state index contributed by atoms with van der Waals surface area (Å²) in [5, 5.41) is 4.96. The first-order valence-electron chi connectivity index (χ1n) is 10.7. The Labute approximate surface area is 187 Å². The molecule has 162 valence electrons. The van der Waals surface area contributed by atoms with Crippen LogP contribution in [-0.4, -0.2) is 47.9 Å². The Hall–Kier alpha value is -2.83. The third-order valence-electron chi connectivity index (χ3n) is 5.68. The molecule has 0 saturated heterocycles. The van der Waals surface area contributed by atoms with Crippen molar-refractivity contribution in [2.24, 2.45) is 0 Å². The van der Waals surface area contributed by atoms with Crippen molar-refractivity contribution in [2.45, 2.75) is 25.8 Å². The topological polar surface area (TPSA) is 64.7 Å². The van der Waals surface area contributed by atoms with E-state index in [1.807, 2.05) is 18.2 Å². The normalized spacial score (nSPS) is 16.4. The second kappa shape index (κ2) is 9.98. The Bertz CT molecular complexity index is 974. The molecule has 7 heteroatoms. The minimum absolute atomic E-state index is 0.0130. The Kier molecular flexibility index (Phi) is 6.89. The SMILES string of the molecule is O=C(CN1NC(c2ccc(Cl)cc2)=CCC1=O)NCCCN1CCc2ccccc2C1. The molecule has 2 aromatic carbocycles. The molecule has 2 aliphatic heterocycles. The van der Waals surface area contributed by atoms with Crippen molar-refractivity contribution < 1.29 is 9.59 Å². The van der Waals surface area contributed by atoms with Crippen LogP contribution in [0.1, 0.15) is 29.5 Å². The number of carbonyl (C=O) groups excluding carboxylic acids is 2. The van der Waals surface area contributed by atoms with Gasteiger partial charge >= 0.3 is 0 Å². The van der Waals surface area contributed by atoms with Gasteiger partial charge in [0.1, 0.15) is 6.54 Å². The molecule has 0 spiro atoms. The van der Waals surface area contributed by atoms with E-state index in [1.165, 1.54) is 16.1 Å². The summed E-state index contributed by atoms with van der Waals surface area (Å²) >= 11 is 5.94. The molecule has 2 N–H and O–H groups in total. The van der Waals surface area contributed by atoms with Gasteiger partial charge in [0.05, 0.1) is 5.70 Å². The number of amides is 2. The van der Waals surface area contributed by atoms with E-state index < -0.39 is 0 Å². The van der Waals surface area contributed by atoms with Gasteiger partial charge in [-0.1, -0.05) is 48.0 Å². The van der Waals surface area contributed by atoms with E-state index in [9.17, 15) is 9.59 Å². The predicted octanol–water partition coefficient (Wildman–Crippen LogP) is 2.98. The fraction of sp³-hybridized carbons (Fsp3) is 0.333. The van der Waals surface area contributed by atoms with Crippen molar-refractivity contribution >= 4 is 29.1 Å². The van der Waals surface area contributed by atoms with Crippen LogP contribution in [0, 0.1) is 0 Å². The number of halogens is 1. The second-order valence-electron chi connectivity index (χ2n) is 7.92. The van der Waals surface area contributed by atoms with Gasteiger partial charge in [-0.2, -0.15) is 0 Å². The van der Waals surface area contributed by atoms with Crippen LogP contribution < -0.4 is 10.7 Å². The summed E-state index contributed by atoms with van der Waals surface area (Å²) in [5.74, 6) is -0.290. The van der Waals surface area contributed by atoms with Crippen molar-refractivity contribution in [1.29, 1.82) is 0 Å². The van der Waals surface area contributed by atoms with Crippen LogP contribution in [0.4, 0.5) is 0 Å². The number of hydrazine groups is 1. The third kappa shape index (κ3) is 5.66. The molecule has 4 rings (SSSR count). The average Bonchev–Trinajstić information content (AvgIpc) is 2.79. The molecule has 2 aliphatic rings. The summed E-state index contributed by atoms with van der Waals surface area (Å²) in [4.78, 5) is 27.0. The van der Waals surface area contributed by atoms with Crippen LogP contribution >= 0.6 is 11.6 Å². The lowest BCUT2D eigenvalue weighted by molar-refractivity contribution is -0.137. The van der Waals surface area contributed by atoms with E-state index in [0.717, 1.165) is 43.7 Å². The maximum Gasteiger partial charge on any atom is 0.245 e. The van der Waals surface area contributed by atoms with E-state index in [-0.39, 0.29) is 24.8 Å². The quantitative estimate of drug-likeness (QED) is 0.652. The molecule has 0 aliphatic carbocycles. The van der Waals surface area contributed by atoms with Crippen molar-refractivity contribution in [3.63, 3.8) is 0 Å². The fourth-order valence-electron chi connectivity index (χ4n) is 3.97. The van der Waals surface area contributed by atoms with Crippen LogP contribution in [0.15, 0.2) is 54.6 Å². The number of hydrogen-bond acceptors (Lipinski definition) is 4. The molecule has 2 heterocycles. The molecule has 0 bridgehead atoms. The largest absolute Gasteiger partial charge is 0.354 e. The minimum atomic E-state index is -0.165. The fourth-order valence-corrected chi connectivity index (χ4v) is 4.09. The molecule has 0 radical (unpaired) electrons. The van der Waals surface area contributed by atoms with E-state index in [4.69, 9.17) is 11.6 Å². The number of carbonyl (C=O) groups is 2. The summed E-state index contributed by atoms with van der Waals surface area (Å²) in [6.07, 6.45) is 4.05. The van der Waals surface area contributed by atoms with E-state index in [2.05, 4.69) is 39.9 Å². The zero-order valence-corrected chi connectivity index (χ0v) is 18.2. The lowest BCUT2D eigenvalue weighted by atomic mass is 10.00. The van der Waals surface area contributed by atoms with Gasteiger partial charge in [0.15, 0.2) is 0 Å². The maximum atomic E-state index is 12.4. The van der Waals surface area contributed by atoms with Crippen molar-refractivity contribution in [2.75, 3.05) is 26.2 Å². The molecule has 0 aromatic heterocycles. The molecular weight excluding hydrogens is 412 g/mol. The highest BCUT2D eigenvalue weighted by molar-refractivity contribution is 6.30. The van der Waals surface area contributed by atoms with Gasteiger partial charge in [0.25, 0.3) is 0 Å². The van der Waals surface area contributed by atoms with Crippen molar-refractivity contribution in [3.8, 4) is 0 Å². The zero-order chi connectivity index (χ0) is 21.6. The van der Waals surface area contributed by atoms with E-state index >= 15 is 0 Å². The lowest BCUT2D eigenvalue weighted by Gasteiger charge is -2.29. The van der Waals surface area contributed by atoms with Crippen LogP contribution in [0.3, 0.4) is 0 Å². The predicted molar refractivity (Wildman–Crippen MR) is 122 cm³/mol. The highest BCUT2D eigenvalue weighted by Crippen LogP contribution is 2.20. The Morgan fingerprint density at radius 2 is 1.87 bits per heavy atom. The Morgan fingerprint density at radius 3 is 2.68 bits per heavy atom. The number of nitrogens with zero attached hydrogens (tertiary/aromatic N) is 2. The number of fused-ring (bicyclic) bond motifs is 1. The Morgan fingerprint density at radius 1 is 1.10 bits per heavy atom. The molecular formula is C24H27ClN4O2. The molecule has 31 heavy (non-hydrogen) atoms. The van der Waals surface area contributed by atoms with Gasteiger partial charge in [0, 0.05) is 37.6 Å². The number of rotatable bonds is 7. The lowest BCUT2D eigenvalue weighted by Crippen LogP contribution is -2.49. The van der Waals surface area contributed by atoms with Crippen molar-refractivity contribution in [3.05, 3.63) is 76.3 Å². The van der Waals surface area contributed by atoms with Crippen LogP contribution in [0.2, 0.25) is 5.02 Å². The number of hydrogen-bond donors (Lipinski definition) is 2. The van der Waals surface area contributed by atoms with Crippen LogP contribution in [0.5, 0.6) is 0 Å². The van der Waals surface area contributed by atoms with Gasteiger partial charge in [-0.3, -0.25) is 19.9 Å². The second-order valence-corrected chi connectivity index (χ2v) is 8.36. The molecule has 0 fully saturated rings. The van der Waals surface area contributed by atoms with Crippen LogP contribution in [-0.2, 0) is 22.6 Å². The number of nitrogens with one attached hydrogen (secondary N) is 2. The molecule has 2 aromatic rings. The van der Waals surface area contributed by atoms with Gasteiger partial charge < -0.3 is 5.32 Å².